The molecule has 35 heavy (non-hydrogen) atoms. The SMILES string of the molecule is CC(C)(C)Nc1c(-c2ccccc2)nc2sc(N3CCN(C(=O)NCc4ccccc4)CC3)nn12. The highest BCUT2D eigenvalue weighted by molar-refractivity contribution is 7.20. The molecule has 0 bridgehead atoms. The fourth-order valence-electron chi connectivity index (χ4n) is 4.12. The van der Waals surface area contributed by atoms with Crippen LogP contribution in [0.2, 0.25) is 0 Å². The quantitative estimate of drug-likeness (QED) is 0.425. The Morgan fingerprint density at radius 3 is 2.29 bits per heavy atom. The minimum atomic E-state index is -0.137. The van der Waals surface area contributed by atoms with Gasteiger partial charge in [-0.25, -0.2) is 9.78 Å². The van der Waals surface area contributed by atoms with Crippen LogP contribution in [0.25, 0.3) is 16.2 Å². The Bertz CT molecular complexity index is 1290. The molecule has 2 aromatic heterocycles. The summed E-state index contributed by atoms with van der Waals surface area (Å²) in [5, 5.41) is 12.5. The summed E-state index contributed by atoms with van der Waals surface area (Å²) in [7, 11) is 0. The summed E-state index contributed by atoms with van der Waals surface area (Å²) >= 11 is 1.58. The first-order valence-corrected chi connectivity index (χ1v) is 12.7. The molecule has 0 atom stereocenters. The predicted molar refractivity (Wildman–Crippen MR) is 142 cm³/mol. The van der Waals surface area contributed by atoms with Gasteiger partial charge in [-0.3, -0.25) is 0 Å². The van der Waals surface area contributed by atoms with Crippen LogP contribution in [0.3, 0.4) is 0 Å². The van der Waals surface area contributed by atoms with Crippen molar-refractivity contribution in [1.29, 1.82) is 0 Å². The first-order valence-electron chi connectivity index (χ1n) is 11.9. The van der Waals surface area contributed by atoms with Gasteiger partial charge in [0.15, 0.2) is 5.82 Å². The number of hydrogen-bond acceptors (Lipinski definition) is 6. The van der Waals surface area contributed by atoms with Crippen molar-refractivity contribution in [2.75, 3.05) is 36.4 Å². The van der Waals surface area contributed by atoms with Gasteiger partial charge in [-0.2, -0.15) is 4.52 Å². The Morgan fingerprint density at radius 1 is 0.971 bits per heavy atom. The highest BCUT2D eigenvalue weighted by Gasteiger charge is 2.26. The van der Waals surface area contributed by atoms with Gasteiger partial charge in [0, 0.05) is 43.8 Å². The smallest absolute Gasteiger partial charge is 0.317 e. The number of benzene rings is 2. The molecule has 0 saturated carbocycles. The fraction of sp³-hybridized carbons (Fsp3) is 0.346. The molecule has 3 heterocycles. The second kappa shape index (κ2) is 9.58. The van der Waals surface area contributed by atoms with E-state index in [-0.39, 0.29) is 11.6 Å². The lowest BCUT2D eigenvalue weighted by atomic mass is 10.1. The number of urea groups is 1. The lowest BCUT2D eigenvalue weighted by Gasteiger charge is -2.34. The van der Waals surface area contributed by atoms with Gasteiger partial charge in [-0.15, -0.1) is 5.10 Å². The zero-order valence-electron chi connectivity index (χ0n) is 20.4. The molecule has 2 amide bonds. The maximum absolute atomic E-state index is 12.6. The number of carbonyl (C=O) groups excluding carboxylic acids is 1. The Kier molecular flexibility index (Phi) is 6.34. The monoisotopic (exact) mass is 489 g/mol. The fourth-order valence-corrected chi connectivity index (χ4v) is 5.07. The number of amides is 2. The van der Waals surface area contributed by atoms with Crippen LogP contribution in [0.4, 0.5) is 15.7 Å². The van der Waals surface area contributed by atoms with Gasteiger partial charge in [0.05, 0.1) is 0 Å². The predicted octanol–water partition coefficient (Wildman–Crippen LogP) is 4.70. The zero-order chi connectivity index (χ0) is 24.4. The Morgan fingerprint density at radius 2 is 1.63 bits per heavy atom. The number of imidazole rings is 1. The van der Waals surface area contributed by atoms with Crippen LogP contribution in [0.15, 0.2) is 60.7 Å². The highest BCUT2D eigenvalue weighted by Crippen LogP contribution is 2.34. The van der Waals surface area contributed by atoms with Crippen LogP contribution >= 0.6 is 11.3 Å². The number of hydrogen-bond donors (Lipinski definition) is 2. The topological polar surface area (TPSA) is 77.8 Å². The lowest BCUT2D eigenvalue weighted by Crippen LogP contribution is -2.51. The standard InChI is InChI=1S/C26H31N7OS/c1-26(2,3)29-22-21(20-12-8-5-9-13-20)28-24-33(22)30-25(35-24)32-16-14-31(15-17-32)23(34)27-18-19-10-6-4-7-11-19/h4-13,29H,14-18H2,1-3H3,(H,27,34). The Hall–Kier alpha value is -3.59. The number of nitrogens with one attached hydrogen (secondary N) is 2. The van der Waals surface area contributed by atoms with Crippen molar-refractivity contribution in [3.8, 4) is 11.3 Å². The van der Waals surface area contributed by atoms with Crippen molar-refractivity contribution < 1.29 is 4.79 Å². The molecule has 182 valence electrons. The summed E-state index contributed by atoms with van der Waals surface area (Å²) in [6, 6.07) is 20.2. The average Bonchev–Trinajstić information content (AvgIpc) is 3.42. The Labute approximate surface area is 209 Å². The van der Waals surface area contributed by atoms with Crippen LogP contribution in [-0.2, 0) is 6.54 Å². The summed E-state index contributed by atoms with van der Waals surface area (Å²) in [5.41, 5.74) is 2.93. The van der Waals surface area contributed by atoms with Crippen molar-refractivity contribution in [2.24, 2.45) is 0 Å². The van der Waals surface area contributed by atoms with Gasteiger partial charge < -0.3 is 20.4 Å². The first-order chi connectivity index (χ1) is 16.9. The molecule has 1 fully saturated rings. The van der Waals surface area contributed by atoms with Gasteiger partial charge in [0.2, 0.25) is 10.1 Å². The molecule has 2 aromatic carbocycles. The van der Waals surface area contributed by atoms with Crippen LogP contribution < -0.4 is 15.5 Å². The molecule has 1 aliphatic heterocycles. The number of fused-ring (bicyclic) bond motifs is 1. The van der Waals surface area contributed by atoms with Crippen molar-refractivity contribution in [2.45, 2.75) is 32.9 Å². The third-order valence-electron chi connectivity index (χ3n) is 5.86. The number of aromatic nitrogens is 3. The van der Waals surface area contributed by atoms with E-state index < -0.39 is 0 Å². The largest absolute Gasteiger partial charge is 0.364 e. The number of piperazine rings is 1. The molecule has 0 radical (unpaired) electrons. The molecule has 8 nitrogen and oxygen atoms in total. The molecular formula is C26H31N7OS. The third kappa shape index (κ3) is 5.24. The molecule has 2 N–H and O–H groups in total. The van der Waals surface area contributed by atoms with E-state index in [9.17, 15) is 4.79 Å². The second-order valence-corrected chi connectivity index (χ2v) is 10.7. The van der Waals surface area contributed by atoms with Gasteiger partial charge in [0.25, 0.3) is 0 Å². The van der Waals surface area contributed by atoms with Crippen molar-refractivity contribution in [1.82, 2.24) is 24.8 Å². The molecule has 9 heteroatoms. The molecular weight excluding hydrogens is 458 g/mol. The van der Waals surface area contributed by atoms with Gasteiger partial charge in [-0.05, 0) is 26.3 Å². The van der Waals surface area contributed by atoms with E-state index in [0.717, 1.165) is 45.8 Å². The average molecular weight is 490 g/mol. The Balaban J connectivity index is 1.29. The van der Waals surface area contributed by atoms with Gasteiger partial charge in [0.1, 0.15) is 5.69 Å². The molecule has 1 saturated heterocycles. The van der Waals surface area contributed by atoms with E-state index in [1.807, 2.05) is 57.9 Å². The minimum absolute atomic E-state index is 0.0217. The number of anilines is 2. The van der Waals surface area contributed by atoms with E-state index in [2.05, 4.69) is 48.4 Å². The molecule has 0 unspecified atom stereocenters. The van der Waals surface area contributed by atoms with Gasteiger partial charge >= 0.3 is 6.03 Å². The van der Waals surface area contributed by atoms with Crippen molar-refractivity contribution in [3.05, 3.63) is 66.2 Å². The van der Waals surface area contributed by atoms with E-state index in [0.29, 0.717) is 19.6 Å². The van der Waals surface area contributed by atoms with E-state index >= 15 is 0 Å². The maximum atomic E-state index is 12.6. The normalized spacial score (nSPS) is 14.4. The number of nitrogens with zero attached hydrogens (tertiary/aromatic N) is 5. The van der Waals surface area contributed by atoms with Crippen LogP contribution in [-0.4, -0.2) is 57.2 Å². The third-order valence-corrected chi connectivity index (χ3v) is 6.83. The summed E-state index contributed by atoms with van der Waals surface area (Å²) in [4.78, 5) is 22.5. The van der Waals surface area contributed by atoms with E-state index in [4.69, 9.17) is 10.1 Å². The maximum Gasteiger partial charge on any atom is 0.317 e. The highest BCUT2D eigenvalue weighted by atomic mass is 32.1. The van der Waals surface area contributed by atoms with Crippen LogP contribution in [0.5, 0.6) is 0 Å². The summed E-state index contributed by atoms with van der Waals surface area (Å²) < 4.78 is 1.92. The zero-order valence-corrected chi connectivity index (χ0v) is 21.2. The van der Waals surface area contributed by atoms with Crippen LogP contribution in [0, 0.1) is 0 Å². The summed E-state index contributed by atoms with van der Waals surface area (Å²) in [6.07, 6.45) is 0. The number of rotatable bonds is 5. The van der Waals surface area contributed by atoms with Gasteiger partial charge in [-0.1, -0.05) is 72.0 Å². The molecule has 5 rings (SSSR count). The molecule has 0 spiro atoms. The van der Waals surface area contributed by atoms with Crippen molar-refractivity contribution in [3.63, 3.8) is 0 Å². The second-order valence-electron chi connectivity index (χ2n) is 9.75. The molecule has 4 aromatic rings. The summed E-state index contributed by atoms with van der Waals surface area (Å²) in [6.45, 7) is 9.74. The lowest BCUT2D eigenvalue weighted by molar-refractivity contribution is 0.194. The first kappa shape index (κ1) is 23.2. The molecule has 0 aliphatic carbocycles. The summed E-state index contributed by atoms with van der Waals surface area (Å²) in [5.74, 6) is 0.903. The van der Waals surface area contributed by atoms with Crippen LogP contribution in [0.1, 0.15) is 26.3 Å². The van der Waals surface area contributed by atoms with E-state index in [1.165, 1.54) is 0 Å². The van der Waals surface area contributed by atoms with Crippen molar-refractivity contribution >= 4 is 33.3 Å². The minimum Gasteiger partial charge on any atom is -0.364 e. The van der Waals surface area contributed by atoms with E-state index in [1.54, 1.807) is 11.3 Å². The molecule has 1 aliphatic rings. The number of carbonyl (C=O) groups is 1.